The second kappa shape index (κ2) is 8.84. The Morgan fingerprint density at radius 3 is 3.07 bits per heavy atom. The number of halogens is 1. The van der Waals surface area contributed by atoms with Crippen LogP contribution in [0.3, 0.4) is 0 Å². The average molecular weight is 423 g/mol. The molecule has 0 spiro atoms. The molecule has 27 heavy (non-hydrogen) atoms. The number of thiazole rings is 1. The van der Waals surface area contributed by atoms with Crippen molar-refractivity contribution in [3.8, 4) is 0 Å². The number of hydrogen-bond acceptors (Lipinski definition) is 9. The normalized spacial score (nSPS) is 11.0. The third-order valence-corrected chi connectivity index (χ3v) is 5.14. The van der Waals surface area contributed by atoms with Crippen LogP contribution in [0.5, 0.6) is 0 Å². The molecule has 0 saturated heterocycles. The fourth-order valence-electron chi connectivity index (χ4n) is 1.90. The number of aromatic nitrogens is 4. The molecule has 12 heteroatoms. The molecular weight excluding hydrogens is 408 g/mol. The standard InChI is InChI=1S/C15H15ClN8OS2/c1-9-7-26-14(19-9)20-12(25)8-27-15-23-22-13(24(15)17)21-18-6-10-3-2-4-11(16)5-10/h2-7H,8,17H2,1H3,(H,21,22)(H,19,20,25)/b18-6+. The van der Waals surface area contributed by atoms with Gasteiger partial charge in [-0.1, -0.05) is 35.5 Å². The summed E-state index contributed by atoms with van der Waals surface area (Å²) in [6.45, 7) is 1.86. The van der Waals surface area contributed by atoms with E-state index in [1.165, 1.54) is 16.0 Å². The molecule has 2 heterocycles. The van der Waals surface area contributed by atoms with Crippen LogP contribution in [0, 0.1) is 6.92 Å². The van der Waals surface area contributed by atoms with E-state index in [9.17, 15) is 4.79 Å². The summed E-state index contributed by atoms with van der Waals surface area (Å²) in [6, 6.07) is 7.22. The Bertz CT molecular complexity index is 970. The first-order valence-corrected chi connectivity index (χ1v) is 9.85. The molecule has 1 amide bonds. The van der Waals surface area contributed by atoms with Crippen molar-refractivity contribution < 1.29 is 4.79 Å². The number of benzene rings is 1. The maximum Gasteiger partial charge on any atom is 0.264 e. The highest BCUT2D eigenvalue weighted by molar-refractivity contribution is 7.99. The van der Waals surface area contributed by atoms with Crippen molar-refractivity contribution >= 4 is 57.9 Å². The van der Waals surface area contributed by atoms with Gasteiger partial charge in [0.1, 0.15) is 0 Å². The van der Waals surface area contributed by atoms with Gasteiger partial charge >= 0.3 is 0 Å². The lowest BCUT2D eigenvalue weighted by molar-refractivity contribution is -0.113. The highest BCUT2D eigenvalue weighted by atomic mass is 35.5. The summed E-state index contributed by atoms with van der Waals surface area (Å²) in [7, 11) is 0. The van der Waals surface area contributed by atoms with Gasteiger partial charge in [0.15, 0.2) is 5.13 Å². The fourth-order valence-corrected chi connectivity index (χ4v) is 3.46. The van der Waals surface area contributed by atoms with Crippen LogP contribution in [0.25, 0.3) is 0 Å². The molecule has 1 aromatic carbocycles. The lowest BCUT2D eigenvalue weighted by atomic mass is 10.2. The summed E-state index contributed by atoms with van der Waals surface area (Å²) in [5.74, 6) is 6.08. The smallest absolute Gasteiger partial charge is 0.264 e. The van der Waals surface area contributed by atoms with E-state index in [1.54, 1.807) is 18.3 Å². The molecule has 0 bridgehead atoms. The summed E-state index contributed by atoms with van der Waals surface area (Å²) in [5, 5.41) is 18.0. The minimum atomic E-state index is -0.203. The van der Waals surface area contributed by atoms with Crippen LogP contribution >= 0.6 is 34.7 Å². The van der Waals surface area contributed by atoms with Gasteiger partial charge < -0.3 is 11.2 Å². The van der Waals surface area contributed by atoms with Crippen molar-refractivity contribution in [1.29, 1.82) is 0 Å². The number of hydrogen-bond donors (Lipinski definition) is 3. The van der Waals surface area contributed by atoms with Crippen LogP contribution in [0.4, 0.5) is 11.1 Å². The lowest BCUT2D eigenvalue weighted by Crippen LogP contribution is -2.16. The van der Waals surface area contributed by atoms with E-state index in [1.807, 2.05) is 24.4 Å². The number of anilines is 2. The number of nitrogen functional groups attached to an aromatic ring is 1. The first-order valence-electron chi connectivity index (χ1n) is 7.61. The van der Waals surface area contributed by atoms with E-state index in [-0.39, 0.29) is 17.6 Å². The summed E-state index contributed by atoms with van der Waals surface area (Å²) >= 11 is 8.44. The molecule has 0 fully saturated rings. The first-order chi connectivity index (χ1) is 13.0. The highest BCUT2D eigenvalue weighted by Crippen LogP contribution is 2.19. The largest absolute Gasteiger partial charge is 0.334 e. The predicted molar refractivity (Wildman–Crippen MR) is 109 cm³/mol. The summed E-state index contributed by atoms with van der Waals surface area (Å²) in [6.07, 6.45) is 1.58. The van der Waals surface area contributed by atoms with Crippen molar-refractivity contribution in [2.75, 3.05) is 22.3 Å². The Hall–Kier alpha value is -2.63. The minimum absolute atomic E-state index is 0.125. The van der Waals surface area contributed by atoms with Gasteiger partial charge in [-0.3, -0.25) is 4.79 Å². The lowest BCUT2D eigenvalue weighted by Gasteiger charge is -2.03. The molecular formula is C15H15ClN8OS2. The van der Waals surface area contributed by atoms with Gasteiger partial charge in [0, 0.05) is 10.4 Å². The molecule has 0 radical (unpaired) electrons. The number of aryl methyl sites for hydroxylation is 1. The molecule has 0 aliphatic carbocycles. The molecule has 0 unspecified atom stereocenters. The van der Waals surface area contributed by atoms with Crippen LogP contribution in [-0.4, -0.2) is 37.7 Å². The van der Waals surface area contributed by atoms with Crippen molar-refractivity contribution in [3.05, 3.63) is 45.9 Å². The number of nitrogens with one attached hydrogen (secondary N) is 2. The predicted octanol–water partition coefficient (Wildman–Crippen LogP) is 2.59. The molecule has 3 aromatic rings. The van der Waals surface area contributed by atoms with Crippen LogP contribution in [0.15, 0.2) is 39.9 Å². The topological polar surface area (TPSA) is 123 Å². The van der Waals surface area contributed by atoms with Crippen molar-refractivity contribution in [2.45, 2.75) is 12.1 Å². The Labute approximate surface area is 168 Å². The number of amides is 1. The second-order valence-corrected chi connectivity index (χ2v) is 7.47. The molecule has 4 N–H and O–H groups in total. The monoisotopic (exact) mass is 422 g/mol. The van der Waals surface area contributed by atoms with Crippen LogP contribution in [-0.2, 0) is 4.79 Å². The van der Waals surface area contributed by atoms with E-state index in [0.717, 1.165) is 23.0 Å². The minimum Gasteiger partial charge on any atom is -0.334 e. The van der Waals surface area contributed by atoms with Crippen molar-refractivity contribution in [1.82, 2.24) is 19.9 Å². The van der Waals surface area contributed by atoms with Gasteiger partial charge in [0.2, 0.25) is 11.1 Å². The molecule has 0 aliphatic rings. The van der Waals surface area contributed by atoms with Gasteiger partial charge in [0.25, 0.3) is 5.95 Å². The zero-order valence-corrected chi connectivity index (χ0v) is 16.5. The number of carbonyl (C=O) groups is 1. The number of nitrogens with two attached hydrogens (primary N) is 1. The average Bonchev–Trinajstić information content (AvgIpc) is 3.19. The second-order valence-electron chi connectivity index (χ2n) is 5.23. The SMILES string of the molecule is Cc1csc(NC(=O)CSc2nnc(N/N=C/c3cccc(Cl)c3)n2N)n1. The van der Waals surface area contributed by atoms with Gasteiger partial charge in [-0.05, 0) is 24.6 Å². The Morgan fingerprint density at radius 2 is 2.33 bits per heavy atom. The van der Waals surface area contributed by atoms with Crippen LogP contribution in [0.2, 0.25) is 5.02 Å². The van der Waals surface area contributed by atoms with Crippen LogP contribution in [0.1, 0.15) is 11.3 Å². The molecule has 3 rings (SSSR count). The zero-order valence-electron chi connectivity index (χ0n) is 14.1. The molecule has 140 valence electrons. The number of thioether (sulfide) groups is 1. The fraction of sp³-hybridized carbons (Fsp3) is 0.133. The van der Waals surface area contributed by atoms with Gasteiger partial charge in [-0.15, -0.1) is 21.5 Å². The molecule has 0 aliphatic heterocycles. The zero-order chi connectivity index (χ0) is 19.2. The maximum atomic E-state index is 12.0. The third kappa shape index (κ3) is 5.42. The van der Waals surface area contributed by atoms with Gasteiger partial charge in [0.05, 0.1) is 17.7 Å². The van der Waals surface area contributed by atoms with Crippen LogP contribution < -0.4 is 16.6 Å². The molecule has 2 aromatic heterocycles. The summed E-state index contributed by atoms with van der Waals surface area (Å²) < 4.78 is 1.22. The van der Waals surface area contributed by atoms with Gasteiger partial charge in [-0.25, -0.2) is 15.1 Å². The molecule has 0 atom stereocenters. The number of rotatable bonds is 7. The van der Waals surface area contributed by atoms with Crippen molar-refractivity contribution in [2.24, 2.45) is 5.10 Å². The number of nitrogens with zero attached hydrogens (tertiary/aromatic N) is 5. The summed E-state index contributed by atoms with van der Waals surface area (Å²) in [4.78, 5) is 16.1. The van der Waals surface area contributed by atoms with E-state index < -0.39 is 0 Å². The van der Waals surface area contributed by atoms with E-state index in [4.69, 9.17) is 17.4 Å². The van der Waals surface area contributed by atoms with E-state index in [2.05, 4.69) is 31.0 Å². The molecule has 9 nitrogen and oxygen atoms in total. The van der Waals surface area contributed by atoms with Crippen molar-refractivity contribution in [3.63, 3.8) is 0 Å². The van der Waals surface area contributed by atoms with E-state index in [0.29, 0.717) is 15.3 Å². The first kappa shape index (κ1) is 19.1. The number of hydrazone groups is 1. The Balaban J connectivity index is 1.53. The quantitative estimate of drug-likeness (QED) is 0.231. The van der Waals surface area contributed by atoms with Gasteiger partial charge in [-0.2, -0.15) is 5.10 Å². The maximum absolute atomic E-state index is 12.0. The van der Waals surface area contributed by atoms with E-state index >= 15 is 0 Å². The Morgan fingerprint density at radius 1 is 1.48 bits per heavy atom. The number of carbonyl (C=O) groups excluding carboxylic acids is 1. The third-order valence-electron chi connectivity index (χ3n) is 3.09. The highest BCUT2D eigenvalue weighted by Gasteiger charge is 2.12. The molecule has 0 saturated carbocycles. The summed E-state index contributed by atoms with van der Waals surface area (Å²) in [5.41, 5.74) is 4.38. The Kier molecular flexibility index (Phi) is 6.27.